The number of ether oxygens (including phenoxy) is 2. The Morgan fingerprint density at radius 1 is 0.951 bits per heavy atom. The van der Waals surface area contributed by atoms with Crippen molar-refractivity contribution in [3.8, 4) is 16.9 Å². The Labute approximate surface area is 241 Å². The molecule has 0 aromatic heterocycles. The molecule has 1 unspecified atom stereocenters. The molecule has 8 nitrogen and oxygen atoms in total. The minimum atomic E-state index is -1.17. The molecule has 0 aliphatic carbocycles. The highest BCUT2D eigenvalue weighted by atomic mass is 16.6. The van der Waals surface area contributed by atoms with Gasteiger partial charge in [0.25, 0.3) is 0 Å². The number of carbonyl (C=O) groups is 3. The van der Waals surface area contributed by atoms with E-state index in [9.17, 15) is 19.5 Å². The van der Waals surface area contributed by atoms with Crippen LogP contribution in [0.3, 0.4) is 0 Å². The van der Waals surface area contributed by atoms with Gasteiger partial charge in [-0.25, -0.2) is 9.59 Å². The molecule has 2 amide bonds. The predicted octanol–water partition coefficient (Wildman–Crippen LogP) is 5.61. The van der Waals surface area contributed by atoms with E-state index in [0.717, 1.165) is 27.8 Å². The Bertz CT molecular complexity index is 1380. The van der Waals surface area contributed by atoms with Gasteiger partial charge in [-0.15, -0.1) is 0 Å². The first kappa shape index (κ1) is 29.6. The zero-order valence-corrected chi connectivity index (χ0v) is 24.2. The van der Waals surface area contributed by atoms with Crippen molar-refractivity contribution in [3.63, 3.8) is 0 Å². The number of nitrogens with one attached hydrogen (secondary N) is 1. The molecule has 0 bridgehead atoms. The van der Waals surface area contributed by atoms with E-state index in [1.54, 1.807) is 20.8 Å². The number of amides is 2. The highest BCUT2D eigenvalue weighted by Gasteiger charge is 2.38. The second-order valence-electron chi connectivity index (χ2n) is 11.6. The van der Waals surface area contributed by atoms with Crippen LogP contribution in [0.4, 0.5) is 4.79 Å². The van der Waals surface area contributed by atoms with Gasteiger partial charge in [0.2, 0.25) is 5.91 Å². The highest BCUT2D eigenvalue weighted by molar-refractivity contribution is 5.90. The first-order chi connectivity index (χ1) is 19.4. The van der Waals surface area contributed by atoms with Gasteiger partial charge >= 0.3 is 12.1 Å². The van der Waals surface area contributed by atoms with E-state index in [-0.39, 0.29) is 25.5 Å². The topological polar surface area (TPSA) is 105 Å². The van der Waals surface area contributed by atoms with Crippen LogP contribution < -0.4 is 10.1 Å². The largest absolute Gasteiger partial charge is 0.491 e. The molecule has 1 heterocycles. The Hall–Kier alpha value is -4.33. The van der Waals surface area contributed by atoms with Crippen LogP contribution in [0, 0.1) is 0 Å². The fraction of sp³-hybridized carbons (Fsp3) is 0.364. The van der Waals surface area contributed by atoms with Crippen molar-refractivity contribution in [2.75, 3.05) is 0 Å². The maximum Gasteiger partial charge on any atom is 0.411 e. The molecular formula is C33H38N2O6. The van der Waals surface area contributed by atoms with E-state index in [1.807, 2.05) is 86.6 Å². The van der Waals surface area contributed by atoms with Gasteiger partial charge in [-0.3, -0.25) is 9.69 Å². The Balaban J connectivity index is 1.54. The zero-order valence-electron chi connectivity index (χ0n) is 24.2. The fourth-order valence-electron chi connectivity index (χ4n) is 4.82. The summed E-state index contributed by atoms with van der Waals surface area (Å²) in [7, 11) is 0. The van der Waals surface area contributed by atoms with Gasteiger partial charge in [-0.2, -0.15) is 0 Å². The summed E-state index contributed by atoms with van der Waals surface area (Å²) in [5.41, 5.74) is 3.83. The van der Waals surface area contributed by atoms with Crippen LogP contribution in [-0.4, -0.2) is 51.8 Å². The van der Waals surface area contributed by atoms with Crippen LogP contribution in [0.25, 0.3) is 11.1 Å². The number of carboxylic acids is 1. The van der Waals surface area contributed by atoms with E-state index in [0.29, 0.717) is 5.75 Å². The van der Waals surface area contributed by atoms with Gasteiger partial charge in [-0.05, 0) is 74.6 Å². The second kappa shape index (κ2) is 12.5. The first-order valence-electron chi connectivity index (χ1n) is 13.9. The molecule has 2 atom stereocenters. The third kappa shape index (κ3) is 7.87. The summed E-state index contributed by atoms with van der Waals surface area (Å²) in [5, 5.41) is 12.7. The van der Waals surface area contributed by atoms with Crippen molar-refractivity contribution in [3.05, 3.63) is 89.5 Å². The maximum atomic E-state index is 13.6. The monoisotopic (exact) mass is 558 g/mol. The lowest BCUT2D eigenvalue weighted by atomic mass is 9.93. The molecule has 1 aliphatic rings. The number of benzene rings is 3. The zero-order chi connectivity index (χ0) is 29.7. The molecule has 41 heavy (non-hydrogen) atoms. The van der Waals surface area contributed by atoms with E-state index in [4.69, 9.17) is 9.47 Å². The summed E-state index contributed by atoms with van der Waals surface area (Å²) in [5.74, 6) is -1.02. The number of carbonyl (C=O) groups excluding carboxylic acids is 2. The number of rotatable bonds is 8. The average molecular weight is 559 g/mol. The lowest BCUT2D eigenvalue weighted by Gasteiger charge is -2.37. The van der Waals surface area contributed by atoms with Crippen LogP contribution >= 0.6 is 0 Å². The standard InChI is InChI=1S/C33H38N2O6/c1-21(2)40-27-16-15-25-19-29(35(20-26(25)18-27)32(39)41-33(3,4)5)30(36)34-28(31(37)38)17-22-11-13-24(14-12-22)23-9-7-6-8-10-23/h6-16,18,21,28-29H,17,19-20H2,1-5H3,(H,34,36)(H,37,38)/t28-,29?/m0/s1. The van der Waals surface area contributed by atoms with Gasteiger partial charge in [0, 0.05) is 12.8 Å². The molecule has 3 aromatic rings. The average Bonchev–Trinajstić information content (AvgIpc) is 2.91. The minimum Gasteiger partial charge on any atom is -0.491 e. The molecule has 1 aliphatic heterocycles. The normalized spacial score (nSPS) is 15.6. The molecule has 3 aromatic carbocycles. The summed E-state index contributed by atoms with van der Waals surface area (Å²) >= 11 is 0. The lowest BCUT2D eigenvalue weighted by Crippen LogP contribution is -2.56. The predicted molar refractivity (Wildman–Crippen MR) is 157 cm³/mol. The summed E-state index contributed by atoms with van der Waals surface area (Å²) in [6, 6.07) is 21.0. The molecule has 0 radical (unpaired) electrons. The second-order valence-corrected chi connectivity index (χ2v) is 11.6. The number of hydrogen-bond donors (Lipinski definition) is 2. The number of hydrogen-bond acceptors (Lipinski definition) is 5. The van der Waals surface area contributed by atoms with Gasteiger partial charge in [0.15, 0.2) is 0 Å². The molecule has 0 saturated carbocycles. The summed E-state index contributed by atoms with van der Waals surface area (Å²) in [6.07, 6.45) is -0.330. The summed E-state index contributed by atoms with van der Waals surface area (Å²) in [6.45, 7) is 9.28. The van der Waals surface area contributed by atoms with Crippen molar-refractivity contribution < 1.29 is 29.0 Å². The van der Waals surface area contributed by atoms with E-state index >= 15 is 0 Å². The third-order valence-corrected chi connectivity index (χ3v) is 6.73. The van der Waals surface area contributed by atoms with E-state index in [1.165, 1.54) is 4.90 Å². The van der Waals surface area contributed by atoms with Crippen LogP contribution in [0.1, 0.15) is 51.3 Å². The van der Waals surface area contributed by atoms with Crippen molar-refractivity contribution in [2.45, 2.75) is 77.8 Å². The fourth-order valence-corrected chi connectivity index (χ4v) is 4.82. The van der Waals surface area contributed by atoms with Crippen LogP contribution in [0.15, 0.2) is 72.8 Å². The Kier molecular flexibility index (Phi) is 9.01. The van der Waals surface area contributed by atoms with Crippen LogP contribution in [0.2, 0.25) is 0 Å². The molecular weight excluding hydrogens is 520 g/mol. The Morgan fingerprint density at radius 2 is 1.61 bits per heavy atom. The molecule has 0 fully saturated rings. The molecule has 0 spiro atoms. The molecule has 8 heteroatoms. The number of nitrogens with zero attached hydrogens (tertiary/aromatic N) is 1. The van der Waals surface area contributed by atoms with Crippen molar-refractivity contribution in [1.82, 2.24) is 10.2 Å². The number of carboxylic acid groups (broad SMARTS) is 1. The first-order valence-corrected chi connectivity index (χ1v) is 13.9. The van der Waals surface area contributed by atoms with Crippen molar-refractivity contribution in [1.29, 1.82) is 0 Å². The quantitative estimate of drug-likeness (QED) is 0.372. The maximum absolute atomic E-state index is 13.6. The molecule has 216 valence electrons. The summed E-state index contributed by atoms with van der Waals surface area (Å²) < 4.78 is 11.4. The number of aliphatic carboxylic acids is 1. The smallest absolute Gasteiger partial charge is 0.411 e. The van der Waals surface area contributed by atoms with Gasteiger partial charge in [0.05, 0.1) is 12.6 Å². The van der Waals surface area contributed by atoms with Crippen LogP contribution in [0.5, 0.6) is 5.75 Å². The highest BCUT2D eigenvalue weighted by Crippen LogP contribution is 2.29. The van der Waals surface area contributed by atoms with E-state index < -0.39 is 35.7 Å². The van der Waals surface area contributed by atoms with Gasteiger partial charge in [-0.1, -0.05) is 60.7 Å². The molecule has 4 rings (SSSR count). The van der Waals surface area contributed by atoms with Crippen molar-refractivity contribution in [2.24, 2.45) is 0 Å². The van der Waals surface area contributed by atoms with Crippen LogP contribution in [-0.2, 0) is 33.7 Å². The van der Waals surface area contributed by atoms with Gasteiger partial charge in [0.1, 0.15) is 23.4 Å². The van der Waals surface area contributed by atoms with Gasteiger partial charge < -0.3 is 19.9 Å². The van der Waals surface area contributed by atoms with Crippen molar-refractivity contribution >= 4 is 18.0 Å². The summed E-state index contributed by atoms with van der Waals surface area (Å²) in [4.78, 5) is 40.4. The lowest BCUT2D eigenvalue weighted by molar-refractivity contribution is -0.142. The Morgan fingerprint density at radius 3 is 2.22 bits per heavy atom. The number of fused-ring (bicyclic) bond motifs is 1. The third-order valence-electron chi connectivity index (χ3n) is 6.73. The SMILES string of the molecule is CC(C)Oc1ccc2c(c1)CN(C(=O)OC(C)(C)C)C(C(=O)N[C@@H](Cc1ccc(-c3ccccc3)cc1)C(=O)O)C2. The molecule has 2 N–H and O–H groups in total. The van der Waals surface area contributed by atoms with E-state index in [2.05, 4.69) is 5.32 Å². The minimum absolute atomic E-state index is 0.0142. The molecule has 0 saturated heterocycles.